The third-order valence-corrected chi connectivity index (χ3v) is 3.55. The molecule has 1 saturated carbocycles. The standard InChI is InChI=1S/C14H27N/c1-3-12-15-14(4-2)11-10-13-8-6-5-7-9-13/h4,13-15H,2-3,5-12H2,1H3. The van der Waals surface area contributed by atoms with Crippen molar-refractivity contribution in [1.82, 2.24) is 5.32 Å². The van der Waals surface area contributed by atoms with Crippen LogP contribution in [0.4, 0.5) is 0 Å². The predicted octanol–water partition coefficient (Wildman–Crippen LogP) is 3.90. The maximum atomic E-state index is 3.92. The molecule has 1 fully saturated rings. The van der Waals surface area contributed by atoms with Crippen molar-refractivity contribution in [2.24, 2.45) is 5.92 Å². The Morgan fingerprint density at radius 1 is 1.33 bits per heavy atom. The zero-order valence-electron chi connectivity index (χ0n) is 10.3. The van der Waals surface area contributed by atoms with E-state index in [4.69, 9.17) is 0 Å². The van der Waals surface area contributed by atoms with Gasteiger partial charge in [0.05, 0.1) is 0 Å². The van der Waals surface area contributed by atoms with Gasteiger partial charge < -0.3 is 5.32 Å². The van der Waals surface area contributed by atoms with Crippen LogP contribution in [-0.4, -0.2) is 12.6 Å². The van der Waals surface area contributed by atoms with Crippen LogP contribution >= 0.6 is 0 Å². The fraction of sp³-hybridized carbons (Fsp3) is 0.857. The molecule has 1 heteroatoms. The minimum absolute atomic E-state index is 0.548. The van der Waals surface area contributed by atoms with E-state index in [1.54, 1.807) is 0 Å². The highest BCUT2D eigenvalue weighted by Gasteiger charge is 2.14. The molecule has 88 valence electrons. The van der Waals surface area contributed by atoms with Gasteiger partial charge in [-0.05, 0) is 31.7 Å². The average Bonchev–Trinajstić information content (AvgIpc) is 2.31. The first-order valence-corrected chi connectivity index (χ1v) is 6.72. The van der Waals surface area contributed by atoms with Gasteiger partial charge in [-0.3, -0.25) is 0 Å². The molecule has 1 aliphatic carbocycles. The van der Waals surface area contributed by atoms with Gasteiger partial charge in [-0.15, -0.1) is 6.58 Å². The summed E-state index contributed by atoms with van der Waals surface area (Å²) >= 11 is 0. The molecule has 0 radical (unpaired) electrons. The second-order valence-corrected chi connectivity index (χ2v) is 4.88. The van der Waals surface area contributed by atoms with Crippen LogP contribution in [0.25, 0.3) is 0 Å². The normalized spacial score (nSPS) is 20.1. The highest BCUT2D eigenvalue weighted by atomic mass is 14.9. The smallest absolute Gasteiger partial charge is 0.0247 e. The van der Waals surface area contributed by atoms with Gasteiger partial charge in [0, 0.05) is 6.04 Å². The summed E-state index contributed by atoms with van der Waals surface area (Å²) in [6.07, 6.45) is 13.3. The van der Waals surface area contributed by atoms with Crippen molar-refractivity contribution in [3.63, 3.8) is 0 Å². The molecule has 0 bridgehead atoms. The summed E-state index contributed by atoms with van der Waals surface area (Å²) in [6.45, 7) is 7.26. The molecule has 0 aromatic heterocycles. The summed E-state index contributed by atoms with van der Waals surface area (Å²) in [7, 11) is 0. The minimum atomic E-state index is 0.548. The molecule has 0 aromatic rings. The summed E-state index contributed by atoms with van der Waals surface area (Å²) < 4.78 is 0. The molecule has 15 heavy (non-hydrogen) atoms. The van der Waals surface area contributed by atoms with E-state index in [9.17, 15) is 0 Å². The van der Waals surface area contributed by atoms with Crippen molar-refractivity contribution in [2.45, 2.75) is 64.3 Å². The maximum Gasteiger partial charge on any atom is 0.0247 e. The molecule has 0 aromatic carbocycles. The summed E-state index contributed by atoms with van der Waals surface area (Å²) in [5.74, 6) is 1.00. The van der Waals surface area contributed by atoms with Gasteiger partial charge in [0.15, 0.2) is 0 Å². The van der Waals surface area contributed by atoms with E-state index >= 15 is 0 Å². The Morgan fingerprint density at radius 3 is 2.67 bits per heavy atom. The first-order chi connectivity index (χ1) is 7.36. The van der Waals surface area contributed by atoms with Crippen LogP contribution in [0.5, 0.6) is 0 Å². The highest BCUT2D eigenvalue weighted by molar-refractivity contribution is 4.86. The molecule has 0 aliphatic heterocycles. The topological polar surface area (TPSA) is 12.0 Å². The van der Waals surface area contributed by atoms with E-state index in [0.717, 1.165) is 12.5 Å². The molecule has 0 spiro atoms. The zero-order valence-corrected chi connectivity index (χ0v) is 10.3. The van der Waals surface area contributed by atoms with Crippen molar-refractivity contribution < 1.29 is 0 Å². The summed E-state index contributed by atoms with van der Waals surface area (Å²) in [5, 5.41) is 3.54. The van der Waals surface area contributed by atoms with Gasteiger partial charge in [-0.25, -0.2) is 0 Å². The van der Waals surface area contributed by atoms with Gasteiger partial charge in [-0.2, -0.15) is 0 Å². The van der Waals surface area contributed by atoms with Crippen LogP contribution in [0.3, 0.4) is 0 Å². The Kier molecular flexibility index (Phi) is 6.74. The monoisotopic (exact) mass is 209 g/mol. The van der Waals surface area contributed by atoms with Gasteiger partial charge >= 0.3 is 0 Å². The number of hydrogen-bond donors (Lipinski definition) is 1. The molecule has 0 heterocycles. The van der Waals surface area contributed by atoms with Crippen LogP contribution in [0.15, 0.2) is 12.7 Å². The number of hydrogen-bond acceptors (Lipinski definition) is 1. The molecule has 1 nitrogen and oxygen atoms in total. The van der Waals surface area contributed by atoms with E-state index in [2.05, 4.69) is 24.9 Å². The van der Waals surface area contributed by atoms with Crippen molar-refractivity contribution in [1.29, 1.82) is 0 Å². The Bertz CT molecular complexity index is 159. The van der Waals surface area contributed by atoms with Crippen LogP contribution in [0.2, 0.25) is 0 Å². The lowest BCUT2D eigenvalue weighted by molar-refractivity contribution is 0.322. The second-order valence-electron chi connectivity index (χ2n) is 4.88. The Labute approximate surface area is 95.3 Å². The first-order valence-electron chi connectivity index (χ1n) is 6.72. The largest absolute Gasteiger partial charge is 0.311 e. The molecular formula is C14H27N. The molecule has 1 atom stereocenters. The number of rotatable bonds is 7. The van der Waals surface area contributed by atoms with Gasteiger partial charge in [-0.1, -0.05) is 45.1 Å². The highest BCUT2D eigenvalue weighted by Crippen LogP contribution is 2.27. The van der Waals surface area contributed by atoms with Crippen LogP contribution in [0.1, 0.15) is 58.3 Å². The van der Waals surface area contributed by atoms with Crippen molar-refractivity contribution in [2.75, 3.05) is 6.54 Å². The lowest BCUT2D eigenvalue weighted by Crippen LogP contribution is -2.28. The fourth-order valence-corrected chi connectivity index (χ4v) is 2.52. The minimum Gasteiger partial charge on any atom is -0.311 e. The summed E-state index contributed by atoms with van der Waals surface area (Å²) in [5.41, 5.74) is 0. The predicted molar refractivity (Wildman–Crippen MR) is 68.1 cm³/mol. The molecule has 1 unspecified atom stereocenters. The van der Waals surface area contributed by atoms with Crippen molar-refractivity contribution in [3.05, 3.63) is 12.7 Å². The Morgan fingerprint density at radius 2 is 2.07 bits per heavy atom. The van der Waals surface area contributed by atoms with Crippen LogP contribution in [-0.2, 0) is 0 Å². The van der Waals surface area contributed by atoms with Gasteiger partial charge in [0.1, 0.15) is 0 Å². The fourth-order valence-electron chi connectivity index (χ4n) is 2.52. The molecule has 1 rings (SSSR count). The third kappa shape index (κ3) is 5.36. The quantitative estimate of drug-likeness (QED) is 0.627. The van der Waals surface area contributed by atoms with E-state index in [0.29, 0.717) is 6.04 Å². The molecule has 1 N–H and O–H groups in total. The Balaban J connectivity index is 2.11. The van der Waals surface area contributed by atoms with Crippen LogP contribution in [0, 0.1) is 5.92 Å². The van der Waals surface area contributed by atoms with Gasteiger partial charge in [0.25, 0.3) is 0 Å². The van der Waals surface area contributed by atoms with Crippen molar-refractivity contribution >= 4 is 0 Å². The summed E-state index contributed by atoms with van der Waals surface area (Å²) in [4.78, 5) is 0. The lowest BCUT2D eigenvalue weighted by atomic mass is 9.85. The first kappa shape index (κ1) is 12.8. The second kappa shape index (κ2) is 7.92. The molecule has 1 aliphatic rings. The molecule has 0 amide bonds. The Hall–Kier alpha value is -0.300. The SMILES string of the molecule is C=CC(CCC1CCCCC1)NCCC. The molecular weight excluding hydrogens is 182 g/mol. The third-order valence-electron chi connectivity index (χ3n) is 3.55. The molecule has 0 saturated heterocycles. The average molecular weight is 209 g/mol. The summed E-state index contributed by atoms with van der Waals surface area (Å²) in [6, 6.07) is 0.548. The zero-order chi connectivity index (χ0) is 10.9. The van der Waals surface area contributed by atoms with Crippen LogP contribution < -0.4 is 5.32 Å². The maximum absolute atomic E-state index is 3.92. The van der Waals surface area contributed by atoms with Crippen molar-refractivity contribution in [3.8, 4) is 0 Å². The van der Waals surface area contributed by atoms with E-state index in [1.165, 1.54) is 51.4 Å². The number of nitrogens with one attached hydrogen (secondary N) is 1. The lowest BCUT2D eigenvalue weighted by Gasteiger charge is -2.23. The van der Waals surface area contributed by atoms with E-state index in [1.807, 2.05) is 0 Å². The van der Waals surface area contributed by atoms with Gasteiger partial charge in [0.2, 0.25) is 0 Å². The van der Waals surface area contributed by atoms with E-state index in [-0.39, 0.29) is 0 Å². The van der Waals surface area contributed by atoms with E-state index < -0.39 is 0 Å².